The lowest BCUT2D eigenvalue weighted by molar-refractivity contribution is -0.110. The van der Waals surface area contributed by atoms with Crippen LogP contribution in [0.5, 0.6) is 5.88 Å². The van der Waals surface area contributed by atoms with Gasteiger partial charge in [0.2, 0.25) is 8.32 Å². The first-order valence-electron chi connectivity index (χ1n) is 14.7. The monoisotopic (exact) mass is 646 g/mol. The summed E-state index contributed by atoms with van der Waals surface area (Å²) < 4.78 is 35.2. The zero-order valence-electron chi connectivity index (χ0n) is 26.9. The third-order valence-electron chi connectivity index (χ3n) is 6.89. The fraction of sp³-hybridized carbons (Fsp3) is 0.235. The summed E-state index contributed by atoms with van der Waals surface area (Å²) in [5, 5.41) is 3.67. The Labute approximate surface area is 264 Å². The molecule has 2 aromatic carbocycles. The van der Waals surface area contributed by atoms with E-state index in [1.807, 2.05) is 31.2 Å². The van der Waals surface area contributed by atoms with Gasteiger partial charge in [-0.05, 0) is 92.8 Å². The molecule has 0 fully saturated rings. The molecule has 5 aromatic rings. The number of rotatable bonds is 5. The SMILES string of the molecule is C/C(=C1/C(=O)Nc2ccc(F)cc21)c1ccc[nH]1.CC(=O)c1ccc[nH]1.C[Si](C)(C)Oc1cc2cc(F)ccc2n1[Si](C)(C)C. The Balaban J connectivity index is 0.000000166. The number of nitrogens with zero attached hydrogens (tertiary/aromatic N) is 1. The highest BCUT2D eigenvalue weighted by Crippen LogP contribution is 2.37. The molecule has 6 rings (SSSR count). The van der Waals surface area contributed by atoms with E-state index in [2.05, 4.69) is 58.8 Å². The van der Waals surface area contributed by atoms with Crippen LogP contribution in [0.15, 0.2) is 79.1 Å². The molecule has 236 valence electrons. The summed E-state index contributed by atoms with van der Waals surface area (Å²) >= 11 is 0. The fourth-order valence-corrected chi connectivity index (χ4v) is 7.57. The van der Waals surface area contributed by atoms with Crippen molar-refractivity contribution in [2.24, 2.45) is 0 Å². The number of ketones is 1. The van der Waals surface area contributed by atoms with Gasteiger partial charge in [-0.15, -0.1) is 0 Å². The lowest BCUT2D eigenvalue weighted by Crippen LogP contribution is -2.36. The second kappa shape index (κ2) is 13.2. The van der Waals surface area contributed by atoms with E-state index in [0.29, 0.717) is 22.5 Å². The molecule has 4 heterocycles. The molecule has 0 radical (unpaired) electrons. The van der Waals surface area contributed by atoms with Crippen LogP contribution < -0.4 is 9.74 Å². The molecule has 45 heavy (non-hydrogen) atoms. The Morgan fingerprint density at radius 1 is 0.800 bits per heavy atom. The van der Waals surface area contributed by atoms with Gasteiger partial charge in [0.1, 0.15) is 11.6 Å². The van der Waals surface area contributed by atoms with Crippen molar-refractivity contribution in [3.05, 3.63) is 108 Å². The van der Waals surface area contributed by atoms with Gasteiger partial charge in [-0.1, -0.05) is 19.6 Å². The highest BCUT2D eigenvalue weighted by atomic mass is 28.4. The predicted octanol–water partition coefficient (Wildman–Crippen LogP) is 8.93. The first kappa shape index (κ1) is 33.4. The quantitative estimate of drug-likeness (QED) is 0.101. The van der Waals surface area contributed by atoms with E-state index in [9.17, 15) is 18.4 Å². The van der Waals surface area contributed by atoms with Crippen LogP contribution in [0.3, 0.4) is 0 Å². The molecular formula is C34H40F2N4O3Si2. The maximum Gasteiger partial charge on any atom is 0.256 e. The molecule has 11 heteroatoms. The number of carbonyl (C=O) groups excluding carboxylic acids is 2. The second-order valence-electron chi connectivity index (χ2n) is 12.8. The van der Waals surface area contributed by atoms with E-state index in [1.165, 1.54) is 25.1 Å². The fourth-order valence-electron chi connectivity index (χ4n) is 5.00. The molecule has 0 saturated heterocycles. The Hall–Kier alpha value is -4.49. The first-order chi connectivity index (χ1) is 21.0. The highest BCUT2D eigenvalue weighted by Gasteiger charge is 2.28. The molecule has 0 saturated carbocycles. The molecule has 1 aliphatic rings. The van der Waals surface area contributed by atoms with Gasteiger partial charge in [0.25, 0.3) is 5.91 Å². The second-order valence-corrected chi connectivity index (χ2v) is 22.0. The van der Waals surface area contributed by atoms with Crippen LogP contribution in [-0.2, 0) is 4.79 Å². The third-order valence-corrected chi connectivity index (χ3v) is 9.52. The van der Waals surface area contributed by atoms with E-state index < -0.39 is 16.6 Å². The van der Waals surface area contributed by atoms with Crippen molar-refractivity contribution >= 4 is 56.0 Å². The Morgan fingerprint density at radius 2 is 1.40 bits per heavy atom. The zero-order valence-corrected chi connectivity index (χ0v) is 28.9. The Kier molecular flexibility index (Phi) is 9.84. The van der Waals surface area contributed by atoms with Crippen LogP contribution in [0.4, 0.5) is 14.5 Å². The van der Waals surface area contributed by atoms with Crippen LogP contribution in [0.25, 0.3) is 22.0 Å². The Morgan fingerprint density at radius 3 is 1.93 bits per heavy atom. The standard InChI is InChI=1S/C14H11FN2O.C14H22FNOSi2.C6H7NO/c1-8(11-3-2-6-16-11)13-10-7-9(15)4-5-12(10)17-14(13)18;1-18(2,3)16-13-8-7-12(15)9-11(13)10-14(16)17-19(4,5)6;1-5(8)6-3-2-4-7-6/h2-7,16H,1H3,(H,17,18);7-10H,1-6H3;2-4,7H,1H3/b13-8-;;. The maximum atomic E-state index is 13.4. The van der Waals surface area contributed by atoms with E-state index in [1.54, 1.807) is 36.7 Å². The summed E-state index contributed by atoms with van der Waals surface area (Å²) in [6.45, 7) is 16.7. The largest absolute Gasteiger partial charge is 0.533 e. The van der Waals surface area contributed by atoms with Crippen molar-refractivity contribution in [1.82, 2.24) is 14.2 Å². The average Bonchev–Trinajstić information content (AvgIpc) is 3.73. The number of fused-ring (bicyclic) bond motifs is 2. The average molecular weight is 647 g/mol. The summed E-state index contributed by atoms with van der Waals surface area (Å²) in [7, 11) is -3.29. The van der Waals surface area contributed by atoms with Crippen molar-refractivity contribution in [3.63, 3.8) is 0 Å². The van der Waals surface area contributed by atoms with Crippen molar-refractivity contribution in [1.29, 1.82) is 0 Å². The first-order valence-corrected chi connectivity index (χ1v) is 21.5. The van der Waals surface area contributed by atoms with E-state index in [0.717, 1.165) is 28.0 Å². The van der Waals surface area contributed by atoms with Gasteiger partial charge in [-0.25, -0.2) is 8.78 Å². The molecule has 0 atom stereocenters. The molecule has 0 bridgehead atoms. The van der Waals surface area contributed by atoms with Gasteiger partial charge >= 0.3 is 0 Å². The predicted molar refractivity (Wildman–Crippen MR) is 184 cm³/mol. The highest BCUT2D eigenvalue weighted by molar-refractivity contribution is 6.76. The van der Waals surface area contributed by atoms with Gasteiger partial charge in [-0.3, -0.25) is 9.59 Å². The van der Waals surface area contributed by atoms with Crippen LogP contribution >= 0.6 is 0 Å². The van der Waals surface area contributed by atoms with Crippen molar-refractivity contribution < 1.29 is 22.8 Å². The number of H-pyrrole nitrogens is 2. The summed E-state index contributed by atoms with van der Waals surface area (Å²) in [5.74, 6) is 0.249. The van der Waals surface area contributed by atoms with Crippen molar-refractivity contribution in [3.8, 4) is 5.88 Å². The summed E-state index contributed by atoms with van der Waals surface area (Å²) in [6, 6.07) is 18.6. The normalized spacial score (nSPS) is 13.7. The molecule has 1 aliphatic heterocycles. The third kappa shape index (κ3) is 8.17. The van der Waals surface area contributed by atoms with Gasteiger partial charge < -0.3 is 23.9 Å². The lowest BCUT2D eigenvalue weighted by Gasteiger charge is -2.27. The molecule has 1 amide bonds. The molecule has 3 aromatic heterocycles. The van der Waals surface area contributed by atoms with Crippen LogP contribution in [0.2, 0.25) is 39.3 Å². The van der Waals surface area contributed by atoms with Crippen molar-refractivity contribution in [2.45, 2.75) is 53.1 Å². The van der Waals surface area contributed by atoms with Crippen LogP contribution in [0.1, 0.15) is 35.6 Å². The molecule has 3 N–H and O–H groups in total. The van der Waals surface area contributed by atoms with E-state index in [-0.39, 0.29) is 23.3 Å². The number of aromatic amines is 2. The van der Waals surface area contributed by atoms with Crippen LogP contribution in [-0.4, -0.2) is 42.4 Å². The number of anilines is 1. The smallest absolute Gasteiger partial charge is 0.256 e. The van der Waals surface area contributed by atoms with Crippen molar-refractivity contribution in [2.75, 3.05) is 5.32 Å². The number of aromatic nitrogens is 3. The summed E-state index contributed by atoms with van der Waals surface area (Å²) in [5.41, 5.74) is 5.21. The molecule has 0 spiro atoms. The van der Waals surface area contributed by atoms with Gasteiger partial charge in [0, 0.05) is 53.2 Å². The number of nitrogens with one attached hydrogen (secondary N) is 3. The van der Waals surface area contributed by atoms with E-state index in [4.69, 9.17) is 4.43 Å². The summed E-state index contributed by atoms with van der Waals surface area (Å²) in [6.07, 6.45) is 3.52. The molecule has 7 nitrogen and oxygen atoms in total. The topological polar surface area (TPSA) is 91.9 Å². The minimum atomic E-state index is -1.68. The lowest BCUT2D eigenvalue weighted by atomic mass is 10.00. The number of benzene rings is 2. The molecular weight excluding hydrogens is 607 g/mol. The number of carbonyl (C=O) groups is 2. The van der Waals surface area contributed by atoms with Gasteiger partial charge in [0.15, 0.2) is 19.9 Å². The number of hydrogen-bond donors (Lipinski definition) is 3. The number of halogens is 2. The Bertz CT molecular complexity index is 1850. The van der Waals surface area contributed by atoms with Gasteiger partial charge in [0.05, 0.1) is 11.3 Å². The number of amides is 1. The zero-order chi connectivity index (χ0) is 33.1. The molecule has 0 aliphatic carbocycles. The van der Waals surface area contributed by atoms with Crippen LogP contribution in [0, 0.1) is 11.6 Å². The minimum absolute atomic E-state index is 0.0787. The maximum absolute atomic E-state index is 13.4. The minimum Gasteiger partial charge on any atom is -0.533 e. The number of allylic oxidation sites excluding steroid dienone is 1. The number of Topliss-reactive ketones (excluding diaryl/α,β-unsaturated/α-hetero) is 1. The number of hydrogen-bond acceptors (Lipinski definition) is 3. The van der Waals surface area contributed by atoms with E-state index >= 15 is 0 Å². The molecule has 0 unspecified atom stereocenters. The van der Waals surface area contributed by atoms with Gasteiger partial charge in [-0.2, -0.15) is 0 Å². The summed E-state index contributed by atoms with van der Waals surface area (Å²) in [4.78, 5) is 28.3.